The zero-order valence-corrected chi connectivity index (χ0v) is 19.3. The van der Waals surface area contributed by atoms with Gasteiger partial charge in [-0.05, 0) is 60.2 Å². The Labute approximate surface area is 194 Å². The van der Waals surface area contributed by atoms with E-state index in [1.54, 1.807) is 21.3 Å². The van der Waals surface area contributed by atoms with Crippen LogP contribution >= 0.6 is 0 Å². The van der Waals surface area contributed by atoms with Gasteiger partial charge < -0.3 is 29.7 Å². The molecule has 8 heteroatoms. The molecule has 0 spiro atoms. The summed E-state index contributed by atoms with van der Waals surface area (Å²) in [4.78, 5) is 27.0. The van der Waals surface area contributed by atoms with Crippen LogP contribution in [0, 0.1) is 0 Å². The highest BCUT2D eigenvalue weighted by Crippen LogP contribution is 2.41. The second-order valence-corrected chi connectivity index (χ2v) is 8.35. The molecule has 176 valence electrons. The van der Waals surface area contributed by atoms with E-state index < -0.39 is 0 Å². The molecule has 1 saturated carbocycles. The number of carbonyl (C=O) groups excluding carboxylic acids is 2. The van der Waals surface area contributed by atoms with Gasteiger partial charge >= 0.3 is 6.03 Å². The number of amides is 3. The first-order chi connectivity index (χ1) is 16.0. The van der Waals surface area contributed by atoms with Gasteiger partial charge in [-0.1, -0.05) is 12.1 Å². The predicted molar refractivity (Wildman–Crippen MR) is 124 cm³/mol. The van der Waals surface area contributed by atoms with Crippen molar-refractivity contribution in [1.29, 1.82) is 0 Å². The van der Waals surface area contributed by atoms with Crippen LogP contribution in [0.5, 0.6) is 17.2 Å². The first-order valence-electron chi connectivity index (χ1n) is 11.3. The Morgan fingerprint density at radius 3 is 2.33 bits per heavy atom. The van der Waals surface area contributed by atoms with E-state index in [2.05, 4.69) is 10.6 Å². The number of nitrogens with zero attached hydrogens (tertiary/aromatic N) is 1. The van der Waals surface area contributed by atoms with Crippen LogP contribution < -0.4 is 24.8 Å². The molecule has 2 aromatic carbocycles. The third kappa shape index (κ3) is 5.16. The van der Waals surface area contributed by atoms with Gasteiger partial charge in [-0.3, -0.25) is 4.79 Å². The molecule has 2 N–H and O–H groups in total. The van der Waals surface area contributed by atoms with Crippen LogP contribution in [-0.4, -0.2) is 57.3 Å². The number of urea groups is 1. The van der Waals surface area contributed by atoms with Gasteiger partial charge in [-0.25, -0.2) is 4.79 Å². The molecule has 0 unspecified atom stereocenters. The minimum absolute atomic E-state index is 0.0228. The van der Waals surface area contributed by atoms with Crippen molar-refractivity contribution in [3.63, 3.8) is 0 Å². The summed E-state index contributed by atoms with van der Waals surface area (Å²) in [5, 5.41) is 5.87. The smallest absolute Gasteiger partial charge is 0.318 e. The summed E-state index contributed by atoms with van der Waals surface area (Å²) >= 11 is 0. The van der Waals surface area contributed by atoms with Gasteiger partial charge in [0.15, 0.2) is 11.5 Å². The van der Waals surface area contributed by atoms with Crippen LogP contribution in [0.3, 0.4) is 0 Å². The molecule has 33 heavy (non-hydrogen) atoms. The number of methoxy groups -OCH3 is 3. The fraction of sp³-hybridized carbons (Fsp3) is 0.440. The van der Waals surface area contributed by atoms with Crippen molar-refractivity contribution in [2.75, 3.05) is 34.4 Å². The summed E-state index contributed by atoms with van der Waals surface area (Å²) in [6.07, 6.45) is 3.05. The summed E-state index contributed by atoms with van der Waals surface area (Å²) < 4.78 is 16.3. The van der Waals surface area contributed by atoms with Crippen molar-refractivity contribution in [2.24, 2.45) is 0 Å². The average molecular weight is 454 g/mol. The highest BCUT2D eigenvalue weighted by Gasteiger charge is 2.33. The van der Waals surface area contributed by atoms with Gasteiger partial charge in [-0.2, -0.15) is 0 Å². The highest BCUT2D eigenvalue weighted by molar-refractivity contribution is 5.79. The third-order valence-corrected chi connectivity index (χ3v) is 6.14. The Morgan fingerprint density at radius 2 is 1.70 bits per heavy atom. The van der Waals surface area contributed by atoms with Crippen LogP contribution in [0.4, 0.5) is 4.79 Å². The van der Waals surface area contributed by atoms with Crippen LogP contribution in [0.15, 0.2) is 36.4 Å². The van der Waals surface area contributed by atoms with Gasteiger partial charge in [-0.15, -0.1) is 0 Å². The summed E-state index contributed by atoms with van der Waals surface area (Å²) in [5.41, 5.74) is 3.07. The zero-order valence-electron chi connectivity index (χ0n) is 19.3. The molecule has 0 saturated heterocycles. The van der Waals surface area contributed by atoms with Gasteiger partial charge in [0.2, 0.25) is 5.91 Å². The van der Waals surface area contributed by atoms with E-state index in [9.17, 15) is 9.59 Å². The maximum atomic E-state index is 13.2. The number of rotatable bonds is 8. The van der Waals surface area contributed by atoms with Crippen molar-refractivity contribution >= 4 is 11.9 Å². The molecule has 1 aliphatic heterocycles. The summed E-state index contributed by atoms with van der Waals surface area (Å²) in [5.74, 6) is 2.02. The Bertz CT molecular complexity index is 1000. The molecule has 8 nitrogen and oxygen atoms in total. The molecule has 4 rings (SSSR count). The summed E-state index contributed by atoms with van der Waals surface area (Å²) in [6.45, 7) is 0.835. The van der Waals surface area contributed by atoms with Crippen molar-refractivity contribution < 1.29 is 23.8 Å². The molecule has 1 atom stereocenters. The number of nitrogens with one attached hydrogen (secondary N) is 2. The number of ether oxygens (including phenoxy) is 3. The minimum atomic E-state index is -0.306. The highest BCUT2D eigenvalue weighted by atomic mass is 16.5. The Balaban J connectivity index is 1.58. The molecule has 0 bridgehead atoms. The number of hydrogen-bond acceptors (Lipinski definition) is 5. The molecule has 1 aliphatic carbocycles. The van der Waals surface area contributed by atoms with Crippen LogP contribution in [0.25, 0.3) is 0 Å². The second-order valence-electron chi connectivity index (χ2n) is 8.35. The van der Waals surface area contributed by atoms with E-state index in [1.165, 1.54) is 0 Å². The van der Waals surface area contributed by atoms with E-state index in [0.717, 1.165) is 35.3 Å². The molecule has 1 fully saturated rings. The molecule has 1 heterocycles. The molecule has 0 aromatic heterocycles. The Morgan fingerprint density at radius 1 is 1.00 bits per heavy atom. The first kappa shape index (κ1) is 22.8. The lowest BCUT2D eigenvalue weighted by Crippen LogP contribution is -2.46. The number of carbonyl (C=O) groups is 2. The summed E-state index contributed by atoms with van der Waals surface area (Å²) in [7, 11) is 4.85. The van der Waals surface area contributed by atoms with Crippen molar-refractivity contribution in [3.05, 3.63) is 53.1 Å². The SMILES string of the molecule is COc1ccc([C@H]2c3cc(OC)c(OC)cc3CCN2C(=O)NCCC(=O)NC2CC2)cc1. The lowest BCUT2D eigenvalue weighted by Gasteiger charge is -2.38. The van der Waals surface area contributed by atoms with E-state index in [4.69, 9.17) is 14.2 Å². The van der Waals surface area contributed by atoms with Crippen LogP contribution in [0.1, 0.15) is 42.0 Å². The van der Waals surface area contributed by atoms with E-state index in [0.29, 0.717) is 37.1 Å². The maximum absolute atomic E-state index is 13.2. The van der Waals surface area contributed by atoms with Gasteiger partial charge in [0.25, 0.3) is 0 Å². The first-order valence-corrected chi connectivity index (χ1v) is 11.3. The van der Waals surface area contributed by atoms with E-state index >= 15 is 0 Å². The van der Waals surface area contributed by atoms with Crippen molar-refractivity contribution in [3.8, 4) is 17.2 Å². The normalized spacial score (nSPS) is 17.1. The molecule has 2 aromatic rings. The van der Waals surface area contributed by atoms with Gasteiger partial charge in [0.1, 0.15) is 5.75 Å². The third-order valence-electron chi connectivity index (χ3n) is 6.14. The topological polar surface area (TPSA) is 89.1 Å². The fourth-order valence-corrected chi connectivity index (χ4v) is 4.22. The standard InChI is InChI=1S/C25H31N3O5/c1-31-19-8-4-16(5-9-19)24-20-15-22(33-3)21(32-2)14-17(20)11-13-28(24)25(30)26-12-10-23(29)27-18-6-7-18/h4-5,8-9,14-15,18,24H,6-7,10-13H2,1-3H3,(H,26,30)(H,27,29)/t24-/m0/s1. The molecule has 2 aliphatic rings. The predicted octanol–water partition coefficient (Wildman–Crippen LogP) is 3.04. The van der Waals surface area contributed by atoms with Gasteiger partial charge in [0.05, 0.1) is 27.4 Å². The number of benzene rings is 2. The zero-order chi connectivity index (χ0) is 23.4. The quantitative estimate of drug-likeness (QED) is 0.641. The number of hydrogen-bond donors (Lipinski definition) is 2. The lowest BCUT2D eigenvalue weighted by molar-refractivity contribution is -0.121. The fourth-order valence-electron chi connectivity index (χ4n) is 4.22. The largest absolute Gasteiger partial charge is 0.497 e. The molecule has 3 amide bonds. The monoisotopic (exact) mass is 453 g/mol. The lowest BCUT2D eigenvalue weighted by atomic mass is 9.87. The summed E-state index contributed by atoms with van der Waals surface area (Å²) in [6, 6.07) is 11.5. The second kappa shape index (κ2) is 10.0. The molecular formula is C25H31N3O5. The maximum Gasteiger partial charge on any atom is 0.318 e. The van der Waals surface area contributed by atoms with E-state index in [-0.39, 0.29) is 24.4 Å². The average Bonchev–Trinajstić information content (AvgIpc) is 3.66. The van der Waals surface area contributed by atoms with Crippen LogP contribution in [-0.2, 0) is 11.2 Å². The minimum Gasteiger partial charge on any atom is -0.497 e. The Kier molecular flexibility index (Phi) is 6.91. The van der Waals surface area contributed by atoms with Crippen molar-refractivity contribution in [2.45, 2.75) is 37.8 Å². The van der Waals surface area contributed by atoms with Crippen molar-refractivity contribution in [1.82, 2.24) is 15.5 Å². The Hall–Kier alpha value is -3.42. The molecular weight excluding hydrogens is 422 g/mol. The van der Waals surface area contributed by atoms with Crippen LogP contribution in [0.2, 0.25) is 0 Å². The van der Waals surface area contributed by atoms with Gasteiger partial charge in [0, 0.05) is 25.6 Å². The number of fused-ring (bicyclic) bond motifs is 1. The van der Waals surface area contributed by atoms with E-state index in [1.807, 2.05) is 41.3 Å². The molecule has 0 radical (unpaired) electrons.